The Morgan fingerprint density at radius 1 is 0.733 bits per heavy atom. The second kappa shape index (κ2) is 19.5. The Bertz CT molecular complexity index is 2400. The van der Waals surface area contributed by atoms with Crippen LogP contribution in [-0.4, -0.2) is 5.71 Å². The third-order valence-electron chi connectivity index (χ3n) is 13.6. The van der Waals surface area contributed by atoms with Gasteiger partial charge in [-0.3, -0.25) is 4.99 Å². The lowest BCUT2D eigenvalue weighted by Gasteiger charge is -2.31. The normalized spacial score (nSPS) is 22.4. The van der Waals surface area contributed by atoms with Crippen molar-refractivity contribution in [2.75, 3.05) is 0 Å². The molecule has 1 saturated carbocycles. The second-order valence-corrected chi connectivity index (χ2v) is 17.2. The molecule has 302 valence electrons. The van der Waals surface area contributed by atoms with Gasteiger partial charge in [-0.2, -0.15) is 0 Å². The van der Waals surface area contributed by atoms with Crippen molar-refractivity contribution in [2.24, 2.45) is 16.8 Å². The third kappa shape index (κ3) is 9.17. The minimum Gasteiger partial charge on any atom is -0.252 e. The van der Waals surface area contributed by atoms with Crippen LogP contribution in [0, 0.1) is 11.8 Å². The van der Waals surface area contributed by atoms with E-state index >= 15 is 0 Å². The molecule has 4 aromatic carbocycles. The number of allylic oxidation sites excluding steroid dienone is 12. The van der Waals surface area contributed by atoms with Gasteiger partial charge in [-0.25, -0.2) is 0 Å². The van der Waals surface area contributed by atoms with Crippen LogP contribution in [0.3, 0.4) is 0 Å². The summed E-state index contributed by atoms with van der Waals surface area (Å²) < 4.78 is 0. The second-order valence-electron chi connectivity index (χ2n) is 17.2. The number of hydrogen-bond acceptors (Lipinski definition) is 1. The third-order valence-corrected chi connectivity index (χ3v) is 13.6. The summed E-state index contributed by atoms with van der Waals surface area (Å²) in [6.07, 6.45) is 36.1. The molecule has 0 aromatic heterocycles. The number of hydrogen-bond donors (Lipinski definition) is 0. The van der Waals surface area contributed by atoms with E-state index in [0.717, 1.165) is 29.8 Å². The fourth-order valence-electron chi connectivity index (χ4n) is 10.1. The van der Waals surface area contributed by atoms with Gasteiger partial charge in [-0.05, 0) is 138 Å². The van der Waals surface area contributed by atoms with E-state index in [1.165, 1.54) is 101 Å². The van der Waals surface area contributed by atoms with Crippen molar-refractivity contribution in [3.05, 3.63) is 222 Å². The summed E-state index contributed by atoms with van der Waals surface area (Å²) in [6.45, 7) is 15.4. The average Bonchev–Trinajstić information content (AvgIpc) is 3.33. The first-order chi connectivity index (χ1) is 29.5. The first kappa shape index (κ1) is 41.0. The SMILES string of the molecule is C=C/C=C(/N=C(\C(=C)C(C)c1ccc(-c2ccccc2-c2cccc(C=C)c2C2CCC(c3ccccc3)CC2)cc1)C1C=CC=CC1)C1=CCC(C2=CCCCC2)C=C1. The van der Waals surface area contributed by atoms with Crippen LogP contribution < -0.4 is 0 Å². The highest BCUT2D eigenvalue weighted by Gasteiger charge is 2.28. The predicted molar refractivity (Wildman–Crippen MR) is 259 cm³/mol. The van der Waals surface area contributed by atoms with Crippen LogP contribution in [0.15, 0.2) is 205 Å². The largest absolute Gasteiger partial charge is 0.252 e. The number of nitrogens with zero attached hydrogens (tertiary/aromatic N) is 1. The molecule has 0 saturated heterocycles. The van der Waals surface area contributed by atoms with Crippen molar-refractivity contribution in [3.63, 3.8) is 0 Å². The van der Waals surface area contributed by atoms with E-state index in [1.807, 2.05) is 6.08 Å². The molecule has 0 bridgehead atoms. The van der Waals surface area contributed by atoms with Gasteiger partial charge in [0.2, 0.25) is 0 Å². The minimum atomic E-state index is 0.0812. The molecule has 8 rings (SSSR count). The topological polar surface area (TPSA) is 12.4 Å². The van der Waals surface area contributed by atoms with Crippen molar-refractivity contribution >= 4 is 11.8 Å². The Morgan fingerprint density at radius 2 is 1.48 bits per heavy atom. The number of benzene rings is 4. The minimum absolute atomic E-state index is 0.0812. The highest BCUT2D eigenvalue weighted by Crippen LogP contribution is 2.46. The Kier molecular flexibility index (Phi) is 13.3. The zero-order valence-corrected chi connectivity index (χ0v) is 35.6. The molecule has 1 heteroatoms. The summed E-state index contributed by atoms with van der Waals surface area (Å²) in [5.74, 6) is 1.89. The van der Waals surface area contributed by atoms with Gasteiger partial charge in [0, 0.05) is 17.8 Å². The Balaban J connectivity index is 1.05. The smallest absolute Gasteiger partial charge is 0.0702 e. The lowest BCUT2D eigenvalue weighted by molar-refractivity contribution is 0.396. The molecule has 1 nitrogen and oxygen atoms in total. The number of rotatable bonds is 13. The van der Waals surface area contributed by atoms with E-state index in [-0.39, 0.29) is 11.8 Å². The summed E-state index contributed by atoms with van der Waals surface area (Å²) in [5, 5.41) is 0. The lowest BCUT2D eigenvalue weighted by Crippen LogP contribution is -2.19. The molecule has 60 heavy (non-hydrogen) atoms. The Hall–Kier alpha value is -5.79. The first-order valence-electron chi connectivity index (χ1n) is 22.5. The van der Waals surface area contributed by atoms with Crippen molar-refractivity contribution < 1.29 is 0 Å². The fraction of sp³-hybridized carbons (Fsp3) is 0.271. The van der Waals surface area contributed by atoms with Gasteiger partial charge in [-0.1, -0.05) is 190 Å². The summed E-state index contributed by atoms with van der Waals surface area (Å²) in [6, 6.07) is 36.1. The summed E-state index contributed by atoms with van der Waals surface area (Å²) in [5.41, 5.74) is 16.4. The van der Waals surface area contributed by atoms with Gasteiger partial charge in [0.05, 0.1) is 11.4 Å². The quantitative estimate of drug-likeness (QED) is 0.0727. The van der Waals surface area contributed by atoms with E-state index in [4.69, 9.17) is 11.6 Å². The molecule has 0 N–H and O–H groups in total. The molecular formula is C59H61N. The Morgan fingerprint density at radius 3 is 2.17 bits per heavy atom. The molecule has 4 aliphatic rings. The molecule has 3 atom stereocenters. The van der Waals surface area contributed by atoms with Crippen molar-refractivity contribution in [2.45, 2.75) is 88.9 Å². The molecule has 3 unspecified atom stereocenters. The lowest BCUT2D eigenvalue weighted by atomic mass is 9.73. The van der Waals surface area contributed by atoms with Crippen LogP contribution in [0.5, 0.6) is 0 Å². The highest BCUT2D eigenvalue weighted by atomic mass is 14.8. The first-order valence-corrected chi connectivity index (χ1v) is 22.5. The van der Waals surface area contributed by atoms with E-state index in [2.05, 4.69) is 178 Å². The zero-order chi connectivity index (χ0) is 41.3. The zero-order valence-electron chi connectivity index (χ0n) is 35.6. The predicted octanol–water partition coefficient (Wildman–Crippen LogP) is 16.4. The molecule has 0 amide bonds. The average molecular weight is 784 g/mol. The van der Waals surface area contributed by atoms with Gasteiger partial charge in [0.1, 0.15) is 0 Å². The van der Waals surface area contributed by atoms with Crippen LogP contribution in [-0.2, 0) is 0 Å². The molecule has 0 aliphatic heterocycles. The number of aliphatic imine (C=N–C) groups is 1. The van der Waals surface area contributed by atoms with Crippen molar-refractivity contribution in [1.29, 1.82) is 0 Å². The maximum absolute atomic E-state index is 5.47. The molecule has 0 spiro atoms. The molecule has 0 heterocycles. The van der Waals surface area contributed by atoms with Gasteiger partial charge in [-0.15, -0.1) is 0 Å². The summed E-state index contributed by atoms with van der Waals surface area (Å²) >= 11 is 0. The van der Waals surface area contributed by atoms with Gasteiger partial charge in [0.15, 0.2) is 0 Å². The van der Waals surface area contributed by atoms with Crippen molar-refractivity contribution in [3.8, 4) is 22.3 Å². The molecule has 1 fully saturated rings. The molecule has 4 aliphatic carbocycles. The van der Waals surface area contributed by atoms with E-state index in [0.29, 0.717) is 17.8 Å². The van der Waals surface area contributed by atoms with Crippen LogP contribution in [0.25, 0.3) is 28.3 Å². The maximum atomic E-state index is 5.47. The maximum Gasteiger partial charge on any atom is 0.0702 e. The van der Waals surface area contributed by atoms with E-state index in [1.54, 1.807) is 5.57 Å². The molecule has 0 radical (unpaired) electrons. The summed E-state index contributed by atoms with van der Waals surface area (Å²) in [7, 11) is 0. The highest BCUT2D eigenvalue weighted by molar-refractivity contribution is 6.04. The molecule has 4 aromatic rings. The standard InChI is InChI=1S/C59H61N/c1-5-19-57(51-38-32-48(33-39-51)46-20-10-7-11-21-46)60-59(53-24-14-9-15-25-53)43(4)42(3)45-30-36-50(37-31-45)54-27-16-17-28-55(54)56-29-18-26-44(6-2)58(56)52-40-34-49(35-41-52)47-22-12-8-13-23-47/h5-6,8-9,12-20,22-24,26-32,36-39,42,48-49,52-53H,1-2,4,7,10-11,21,25,33-35,40-41H2,3H3/b57-19+,60-59+. The molecular weight excluding hydrogens is 723 g/mol. The van der Waals surface area contributed by atoms with E-state index < -0.39 is 0 Å². The van der Waals surface area contributed by atoms with Gasteiger partial charge in [0.25, 0.3) is 0 Å². The van der Waals surface area contributed by atoms with Crippen LogP contribution in [0.2, 0.25) is 0 Å². The monoisotopic (exact) mass is 783 g/mol. The van der Waals surface area contributed by atoms with Crippen molar-refractivity contribution in [1.82, 2.24) is 0 Å². The fourth-order valence-corrected chi connectivity index (χ4v) is 10.1. The summed E-state index contributed by atoms with van der Waals surface area (Å²) in [4.78, 5) is 5.47. The van der Waals surface area contributed by atoms with Gasteiger partial charge >= 0.3 is 0 Å². The van der Waals surface area contributed by atoms with Crippen LogP contribution >= 0.6 is 0 Å². The van der Waals surface area contributed by atoms with Crippen LogP contribution in [0.4, 0.5) is 0 Å². The van der Waals surface area contributed by atoms with E-state index in [9.17, 15) is 0 Å². The Labute approximate surface area is 360 Å². The van der Waals surface area contributed by atoms with Gasteiger partial charge < -0.3 is 0 Å². The van der Waals surface area contributed by atoms with Crippen LogP contribution in [0.1, 0.15) is 111 Å².